The van der Waals surface area contributed by atoms with Gasteiger partial charge >= 0.3 is 5.97 Å². The zero-order chi connectivity index (χ0) is 19.4. The highest BCUT2D eigenvalue weighted by Gasteiger charge is 2.21. The second-order valence-corrected chi connectivity index (χ2v) is 5.72. The van der Waals surface area contributed by atoms with Gasteiger partial charge in [0.1, 0.15) is 6.79 Å². The molecule has 2 atom stereocenters. The van der Waals surface area contributed by atoms with E-state index in [-0.39, 0.29) is 25.7 Å². The Bertz CT molecular complexity index is 611. The van der Waals surface area contributed by atoms with E-state index in [4.69, 9.17) is 24.6 Å². The van der Waals surface area contributed by atoms with Gasteiger partial charge in [-0.1, -0.05) is 6.92 Å². The second-order valence-electron chi connectivity index (χ2n) is 5.72. The number of benzene rings is 1. The van der Waals surface area contributed by atoms with E-state index in [1.807, 2.05) is 6.07 Å². The van der Waals surface area contributed by atoms with Gasteiger partial charge in [-0.05, 0) is 30.7 Å². The Labute approximate surface area is 152 Å². The van der Waals surface area contributed by atoms with Crippen molar-refractivity contribution in [3.8, 4) is 6.07 Å². The number of aliphatic carboxylic acids is 1. The molecule has 1 rings (SSSR count). The zero-order valence-corrected chi connectivity index (χ0v) is 14.9. The topological polar surface area (TPSA) is 118 Å². The minimum absolute atomic E-state index is 0.0219. The molecular weight excluding hydrogens is 340 g/mol. The average molecular weight is 364 g/mol. The lowest BCUT2D eigenvalue weighted by Crippen LogP contribution is -2.40. The van der Waals surface area contributed by atoms with E-state index in [0.717, 1.165) is 0 Å². The normalized spacial score (nSPS) is 12.8. The predicted molar refractivity (Wildman–Crippen MR) is 92.5 cm³/mol. The van der Waals surface area contributed by atoms with Gasteiger partial charge in [-0.15, -0.1) is 0 Å². The largest absolute Gasteiger partial charge is 0.481 e. The standard InChI is InChI=1S/C18H24N2O6/c1-13(18(22)23)9-16(11-26-12-25-8-7-24-2)20-17(21)15-5-3-14(10-19)4-6-15/h3-6,13,16H,7-9,11-12H2,1-2H3,(H,20,21)(H,22,23)/t13?,16-/m0/s1. The van der Waals surface area contributed by atoms with Crippen molar-refractivity contribution in [1.29, 1.82) is 5.26 Å². The molecule has 2 N–H and O–H groups in total. The highest BCUT2D eigenvalue weighted by atomic mass is 16.7. The van der Waals surface area contributed by atoms with Crippen LogP contribution in [0.15, 0.2) is 24.3 Å². The maximum absolute atomic E-state index is 12.3. The molecule has 1 unspecified atom stereocenters. The number of amides is 1. The van der Waals surface area contributed by atoms with Gasteiger partial charge in [-0.25, -0.2) is 0 Å². The fourth-order valence-electron chi connectivity index (χ4n) is 2.11. The number of rotatable bonds is 12. The lowest BCUT2D eigenvalue weighted by Gasteiger charge is -2.21. The van der Waals surface area contributed by atoms with E-state index in [9.17, 15) is 9.59 Å². The van der Waals surface area contributed by atoms with E-state index >= 15 is 0 Å². The smallest absolute Gasteiger partial charge is 0.306 e. The summed E-state index contributed by atoms with van der Waals surface area (Å²) in [7, 11) is 1.56. The van der Waals surface area contributed by atoms with Crippen LogP contribution in [0.5, 0.6) is 0 Å². The van der Waals surface area contributed by atoms with Crippen LogP contribution in [0.3, 0.4) is 0 Å². The van der Waals surface area contributed by atoms with Crippen molar-refractivity contribution >= 4 is 11.9 Å². The fourth-order valence-corrected chi connectivity index (χ4v) is 2.11. The molecule has 1 aromatic rings. The fraction of sp³-hybridized carbons (Fsp3) is 0.500. The molecule has 0 saturated heterocycles. The molecule has 0 heterocycles. The molecule has 0 aliphatic heterocycles. The van der Waals surface area contributed by atoms with Crippen LogP contribution in [-0.4, -0.2) is 56.7 Å². The first-order valence-electron chi connectivity index (χ1n) is 8.16. The van der Waals surface area contributed by atoms with Gasteiger partial charge in [0.15, 0.2) is 0 Å². The van der Waals surface area contributed by atoms with Gasteiger partial charge in [0.2, 0.25) is 0 Å². The molecule has 0 aliphatic rings. The van der Waals surface area contributed by atoms with Gasteiger partial charge < -0.3 is 24.6 Å². The quantitative estimate of drug-likeness (QED) is 0.425. The zero-order valence-electron chi connectivity index (χ0n) is 14.9. The molecule has 0 bridgehead atoms. The van der Waals surface area contributed by atoms with Crippen molar-refractivity contribution in [2.24, 2.45) is 5.92 Å². The van der Waals surface area contributed by atoms with Crippen molar-refractivity contribution in [2.45, 2.75) is 19.4 Å². The third kappa shape index (κ3) is 8.07. The molecule has 1 amide bonds. The summed E-state index contributed by atoms with van der Waals surface area (Å²) in [6.45, 7) is 2.53. The van der Waals surface area contributed by atoms with Gasteiger partial charge in [0.25, 0.3) is 5.91 Å². The highest BCUT2D eigenvalue weighted by Crippen LogP contribution is 2.09. The molecule has 0 radical (unpaired) electrons. The van der Waals surface area contributed by atoms with Crippen LogP contribution in [0.4, 0.5) is 0 Å². The number of nitrogens with one attached hydrogen (secondary N) is 1. The molecule has 0 spiro atoms. The van der Waals surface area contributed by atoms with E-state index in [1.165, 1.54) is 0 Å². The first-order valence-corrected chi connectivity index (χ1v) is 8.16. The maximum atomic E-state index is 12.3. The summed E-state index contributed by atoms with van der Waals surface area (Å²) < 4.78 is 15.4. The van der Waals surface area contributed by atoms with Gasteiger partial charge in [0.05, 0.1) is 43.4 Å². The van der Waals surface area contributed by atoms with Gasteiger partial charge in [-0.2, -0.15) is 5.26 Å². The summed E-state index contributed by atoms with van der Waals surface area (Å²) in [6.07, 6.45) is 0.218. The van der Waals surface area contributed by atoms with E-state index in [1.54, 1.807) is 38.3 Å². The van der Waals surface area contributed by atoms with Crippen molar-refractivity contribution in [1.82, 2.24) is 5.32 Å². The third-order valence-corrected chi connectivity index (χ3v) is 3.59. The van der Waals surface area contributed by atoms with Crippen LogP contribution in [0.1, 0.15) is 29.3 Å². The molecule has 8 nitrogen and oxygen atoms in total. The van der Waals surface area contributed by atoms with E-state index in [2.05, 4.69) is 5.32 Å². The van der Waals surface area contributed by atoms with Gasteiger partial charge in [-0.3, -0.25) is 9.59 Å². The predicted octanol–water partition coefficient (Wildman–Crippen LogP) is 1.40. The average Bonchev–Trinajstić information content (AvgIpc) is 2.64. The maximum Gasteiger partial charge on any atom is 0.306 e. The molecule has 142 valence electrons. The summed E-state index contributed by atoms with van der Waals surface area (Å²) >= 11 is 0. The number of nitriles is 1. The van der Waals surface area contributed by atoms with Crippen molar-refractivity contribution in [2.75, 3.05) is 33.7 Å². The third-order valence-electron chi connectivity index (χ3n) is 3.59. The number of hydrogen-bond acceptors (Lipinski definition) is 6. The Morgan fingerprint density at radius 1 is 1.23 bits per heavy atom. The van der Waals surface area contributed by atoms with Crippen LogP contribution in [0.2, 0.25) is 0 Å². The Hall–Kier alpha value is -2.47. The van der Waals surface area contributed by atoms with Crippen molar-refractivity contribution in [3.05, 3.63) is 35.4 Å². The van der Waals surface area contributed by atoms with Crippen LogP contribution in [-0.2, 0) is 19.0 Å². The summed E-state index contributed by atoms with van der Waals surface area (Å²) in [5.41, 5.74) is 0.836. The number of carboxylic acid groups (broad SMARTS) is 1. The lowest BCUT2D eigenvalue weighted by molar-refractivity contribution is -0.141. The second kappa shape index (κ2) is 12.0. The number of carbonyl (C=O) groups excluding carboxylic acids is 1. The Morgan fingerprint density at radius 2 is 1.92 bits per heavy atom. The number of carbonyl (C=O) groups is 2. The number of nitrogens with zero attached hydrogens (tertiary/aromatic N) is 1. The summed E-state index contributed by atoms with van der Waals surface area (Å²) in [6, 6.07) is 7.67. The van der Waals surface area contributed by atoms with E-state index in [0.29, 0.717) is 24.3 Å². The molecule has 8 heteroatoms. The minimum Gasteiger partial charge on any atom is -0.481 e. The molecule has 0 saturated carbocycles. The van der Waals surface area contributed by atoms with Crippen LogP contribution in [0, 0.1) is 17.2 Å². The highest BCUT2D eigenvalue weighted by molar-refractivity contribution is 5.94. The Kier molecular flexibility index (Phi) is 9.94. The lowest BCUT2D eigenvalue weighted by atomic mass is 10.0. The first-order chi connectivity index (χ1) is 12.5. The summed E-state index contributed by atoms with van der Waals surface area (Å²) in [5.74, 6) is -1.95. The molecular formula is C18H24N2O6. The Morgan fingerprint density at radius 3 is 2.50 bits per heavy atom. The Balaban J connectivity index is 2.60. The molecule has 0 fully saturated rings. The SMILES string of the molecule is COCCOCOC[C@H](CC(C)C(=O)O)NC(=O)c1ccc(C#N)cc1. The minimum atomic E-state index is -0.945. The number of hydrogen-bond donors (Lipinski definition) is 2. The molecule has 0 aliphatic carbocycles. The van der Waals surface area contributed by atoms with Crippen LogP contribution < -0.4 is 5.32 Å². The van der Waals surface area contributed by atoms with Crippen LogP contribution in [0.25, 0.3) is 0 Å². The number of ether oxygens (including phenoxy) is 3. The number of carboxylic acids is 1. The van der Waals surface area contributed by atoms with Crippen molar-refractivity contribution in [3.63, 3.8) is 0 Å². The van der Waals surface area contributed by atoms with Crippen LogP contribution >= 0.6 is 0 Å². The van der Waals surface area contributed by atoms with Crippen molar-refractivity contribution < 1.29 is 28.9 Å². The first kappa shape index (κ1) is 21.6. The van der Waals surface area contributed by atoms with Gasteiger partial charge in [0, 0.05) is 12.7 Å². The monoisotopic (exact) mass is 364 g/mol. The molecule has 26 heavy (non-hydrogen) atoms. The molecule has 1 aromatic carbocycles. The van der Waals surface area contributed by atoms with E-state index < -0.39 is 17.9 Å². The number of methoxy groups -OCH3 is 1. The summed E-state index contributed by atoms with van der Waals surface area (Å²) in [5, 5.41) is 20.6. The molecule has 0 aromatic heterocycles. The summed E-state index contributed by atoms with van der Waals surface area (Å²) in [4.78, 5) is 23.4.